The molecule has 0 aliphatic carbocycles. The van der Waals surface area contributed by atoms with Gasteiger partial charge in [0.05, 0.1) is 6.42 Å². The van der Waals surface area contributed by atoms with Gasteiger partial charge >= 0.3 is 12.6 Å². The first-order chi connectivity index (χ1) is 8.56. The standard InChI is InChI=1S/C13H10F2O3/c14-13(15)18-10-5-8-3-1-2-4-11(8)9(6-10)7-12(16)17/h1-6,13H,7H2,(H,16,17). The van der Waals surface area contributed by atoms with Crippen molar-refractivity contribution in [2.45, 2.75) is 13.0 Å². The zero-order valence-electron chi connectivity index (χ0n) is 9.27. The highest BCUT2D eigenvalue weighted by molar-refractivity contribution is 5.90. The quantitative estimate of drug-likeness (QED) is 0.909. The van der Waals surface area contributed by atoms with Gasteiger partial charge in [0, 0.05) is 0 Å². The Labute approximate surface area is 102 Å². The topological polar surface area (TPSA) is 46.5 Å². The van der Waals surface area contributed by atoms with E-state index in [1.165, 1.54) is 12.1 Å². The molecule has 2 aromatic rings. The summed E-state index contributed by atoms with van der Waals surface area (Å²) >= 11 is 0. The molecule has 0 saturated carbocycles. The lowest BCUT2D eigenvalue weighted by Crippen LogP contribution is -2.05. The second-order valence-electron chi connectivity index (χ2n) is 3.75. The van der Waals surface area contributed by atoms with Gasteiger partial charge in [-0.2, -0.15) is 8.78 Å². The number of hydrogen-bond acceptors (Lipinski definition) is 2. The number of benzene rings is 2. The molecule has 0 fully saturated rings. The van der Waals surface area contributed by atoms with Gasteiger partial charge in [-0.25, -0.2) is 0 Å². The maximum absolute atomic E-state index is 12.2. The van der Waals surface area contributed by atoms with Crippen molar-refractivity contribution in [3.8, 4) is 5.75 Å². The van der Waals surface area contributed by atoms with Crippen LogP contribution in [0.1, 0.15) is 5.56 Å². The normalized spacial score (nSPS) is 10.8. The molecule has 0 unspecified atom stereocenters. The summed E-state index contributed by atoms with van der Waals surface area (Å²) in [5, 5.41) is 10.2. The molecule has 2 aromatic carbocycles. The Morgan fingerprint density at radius 3 is 2.67 bits per heavy atom. The summed E-state index contributed by atoms with van der Waals surface area (Å²) in [6.45, 7) is -2.93. The van der Waals surface area contributed by atoms with E-state index in [0.29, 0.717) is 10.9 Å². The van der Waals surface area contributed by atoms with E-state index in [0.717, 1.165) is 5.39 Å². The molecular formula is C13H10F2O3. The molecule has 2 rings (SSSR count). The smallest absolute Gasteiger partial charge is 0.387 e. The van der Waals surface area contributed by atoms with Crippen molar-refractivity contribution >= 4 is 16.7 Å². The first-order valence-corrected chi connectivity index (χ1v) is 5.24. The molecule has 1 N–H and O–H groups in total. The van der Waals surface area contributed by atoms with Crippen molar-refractivity contribution in [1.29, 1.82) is 0 Å². The summed E-state index contributed by atoms with van der Waals surface area (Å²) in [5.41, 5.74) is 0.455. The number of ether oxygens (including phenoxy) is 1. The number of alkyl halides is 2. The van der Waals surface area contributed by atoms with Crippen LogP contribution in [0, 0.1) is 0 Å². The summed E-state index contributed by atoms with van der Waals surface area (Å²) in [7, 11) is 0. The molecular weight excluding hydrogens is 242 g/mol. The van der Waals surface area contributed by atoms with Crippen LogP contribution in [0.3, 0.4) is 0 Å². The number of carbonyl (C=O) groups is 1. The fourth-order valence-corrected chi connectivity index (χ4v) is 1.84. The second-order valence-corrected chi connectivity index (χ2v) is 3.75. The Balaban J connectivity index is 2.53. The van der Waals surface area contributed by atoms with Crippen molar-refractivity contribution in [3.05, 3.63) is 42.0 Å². The number of carboxylic acid groups (broad SMARTS) is 1. The van der Waals surface area contributed by atoms with Gasteiger partial charge in [-0.15, -0.1) is 0 Å². The van der Waals surface area contributed by atoms with Crippen molar-refractivity contribution < 1.29 is 23.4 Å². The fourth-order valence-electron chi connectivity index (χ4n) is 1.84. The van der Waals surface area contributed by atoms with E-state index < -0.39 is 12.6 Å². The molecule has 0 radical (unpaired) electrons. The fraction of sp³-hybridized carbons (Fsp3) is 0.154. The number of fused-ring (bicyclic) bond motifs is 1. The minimum atomic E-state index is -2.93. The van der Waals surface area contributed by atoms with Crippen molar-refractivity contribution in [2.24, 2.45) is 0 Å². The van der Waals surface area contributed by atoms with Crippen LogP contribution in [0.4, 0.5) is 8.78 Å². The molecule has 0 aromatic heterocycles. The molecule has 18 heavy (non-hydrogen) atoms. The molecule has 0 aliphatic rings. The van der Waals surface area contributed by atoms with E-state index in [4.69, 9.17) is 5.11 Å². The third-order valence-electron chi connectivity index (χ3n) is 2.49. The van der Waals surface area contributed by atoms with Crippen LogP contribution >= 0.6 is 0 Å². The number of rotatable bonds is 4. The first-order valence-electron chi connectivity index (χ1n) is 5.24. The minimum Gasteiger partial charge on any atom is -0.481 e. The SMILES string of the molecule is O=C(O)Cc1cc(OC(F)F)cc2ccccc12. The highest BCUT2D eigenvalue weighted by Crippen LogP contribution is 2.26. The molecule has 0 atom stereocenters. The molecule has 0 amide bonds. The molecule has 0 spiro atoms. The van der Waals surface area contributed by atoms with Gasteiger partial charge in [-0.05, 0) is 28.5 Å². The number of hydrogen-bond donors (Lipinski definition) is 1. The van der Waals surface area contributed by atoms with E-state index in [2.05, 4.69) is 4.74 Å². The van der Waals surface area contributed by atoms with E-state index in [9.17, 15) is 13.6 Å². The van der Waals surface area contributed by atoms with Gasteiger partial charge in [0.2, 0.25) is 0 Å². The zero-order chi connectivity index (χ0) is 13.1. The Bertz CT molecular complexity index is 581. The Morgan fingerprint density at radius 1 is 1.28 bits per heavy atom. The summed E-state index contributed by atoms with van der Waals surface area (Å²) in [6, 6.07) is 9.79. The Kier molecular flexibility index (Phi) is 3.41. The summed E-state index contributed by atoms with van der Waals surface area (Å²) in [4.78, 5) is 10.8. The van der Waals surface area contributed by atoms with Crippen LogP contribution in [-0.4, -0.2) is 17.7 Å². The third-order valence-corrected chi connectivity index (χ3v) is 2.49. The lowest BCUT2D eigenvalue weighted by molar-refractivity contribution is -0.136. The van der Waals surface area contributed by atoms with Crippen LogP contribution in [-0.2, 0) is 11.2 Å². The average molecular weight is 252 g/mol. The van der Waals surface area contributed by atoms with E-state index in [1.807, 2.05) is 0 Å². The van der Waals surface area contributed by atoms with Gasteiger partial charge in [-0.1, -0.05) is 24.3 Å². The number of aliphatic carboxylic acids is 1. The lowest BCUT2D eigenvalue weighted by atomic mass is 10.0. The molecule has 0 heterocycles. The second kappa shape index (κ2) is 5.00. The van der Waals surface area contributed by atoms with Crippen molar-refractivity contribution in [1.82, 2.24) is 0 Å². The molecule has 3 nitrogen and oxygen atoms in total. The summed E-state index contributed by atoms with van der Waals surface area (Å²) < 4.78 is 28.7. The Morgan fingerprint density at radius 2 is 2.00 bits per heavy atom. The maximum Gasteiger partial charge on any atom is 0.387 e. The van der Waals surface area contributed by atoms with Crippen molar-refractivity contribution in [2.75, 3.05) is 0 Å². The highest BCUT2D eigenvalue weighted by atomic mass is 19.3. The Hall–Kier alpha value is -2.17. The van der Waals surface area contributed by atoms with Gasteiger partial charge in [-0.3, -0.25) is 4.79 Å². The molecule has 94 valence electrons. The van der Waals surface area contributed by atoms with Gasteiger partial charge in [0.1, 0.15) is 5.75 Å². The van der Waals surface area contributed by atoms with Crippen LogP contribution < -0.4 is 4.74 Å². The number of halogens is 2. The average Bonchev–Trinajstić information content (AvgIpc) is 2.27. The zero-order valence-corrected chi connectivity index (χ0v) is 9.27. The number of carboxylic acids is 1. The summed E-state index contributed by atoms with van der Waals surface area (Å²) in [6.07, 6.45) is -0.235. The molecule has 0 saturated heterocycles. The first kappa shape index (κ1) is 12.3. The van der Waals surface area contributed by atoms with Crippen LogP contribution in [0.2, 0.25) is 0 Å². The largest absolute Gasteiger partial charge is 0.481 e. The van der Waals surface area contributed by atoms with E-state index in [1.54, 1.807) is 24.3 Å². The molecule has 0 bridgehead atoms. The predicted molar refractivity (Wildman–Crippen MR) is 61.9 cm³/mol. The monoisotopic (exact) mass is 252 g/mol. The van der Waals surface area contributed by atoms with E-state index in [-0.39, 0.29) is 12.2 Å². The van der Waals surface area contributed by atoms with Gasteiger partial charge in [0.15, 0.2) is 0 Å². The van der Waals surface area contributed by atoms with Crippen LogP contribution in [0.15, 0.2) is 36.4 Å². The lowest BCUT2D eigenvalue weighted by Gasteiger charge is -2.09. The van der Waals surface area contributed by atoms with Crippen LogP contribution in [0.25, 0.3) is 10.8 Å². The molecule has 0 aliphatic heterocycles. The third kappa shape index (κ3) is 2.74. The highest BCUT2D eigenvalue weighted by Gasteiger charge is 2.11. The van der Waals surface area contributed by atoms with Gasteiger partial charge < -0.3 is 9.84 Å². The predicted octanol–water partition coefficient (Wildman–Crippen LogP) is 3.07. The van der Waals surface area contributed by atoms with Gasteiger partial charge in [0.25, 0.3) is 0 Å². The molecule has 5 heteroatoms. The van der Waals surface area contributed by atoms with Crippen LogP contribution in [0.5, 0.6) is 5.75 Å². The minimum absolute atomic E-state index is 0.0278. The van der Waals surface area contributed by atoms with Crippen molar-refractivity contribution in [3.63, 3.8) is 0 Å². The summed E-state index contributed by atoms with van der Waals surface area (Å²) in [5.74, 6) is -1.05. The maximum atomic E-state index is 12.2. The van der Waals surface area contributed by atoms with E-state index >= 15 is 0 Å².